The van der Waals surface area contributed by atoms with Gasteiger partial charge < -0.3 is 10.1 Å². The molecule has 1 amide bonds. The van der Waals surface area contributed by atoms with Crippen LogP contribution in [-0.2, 0) is 25.7 Å². The number of ether oxygens (including phenoxy) is 1. The van der Waals surface area contributed by atoms with E-state index in [1.165, 1.54) is 7.11 Å². The molecule has 28 heavy (non-hydrogen) atoms. The van der Waals surface area contributed by atoms with Gasteiger partial charge in [0, 0.05) is 24.8 Å². The molecule has 5 nitrogen and oxygen atoms in total. The zero-order valence-electron chi connectivity index (χ0n) is 17.6. The van der Waals surface area contributed by atoms with Gasteiger partial charge in [0.05, 0.1) is 13.0 Å². The molecule has 0 heterocycles. The Balaban J connectivity index is 2.25. The second-order valence-corrected chi connectivity index (χ2v) is 8.59. The zero-order chi connectivity index (χ0) is 20.8. The predicted octanol–water partition coefficient (Wildman–Crippen LogP) is 3.62. The second kappa shape index (κ2) is 9.85. The highest BCUT2D eigenvalue weighted by Gasteiger charge is 2.53. The van der Waals surface area contributed by atoms with Gasteiger partial charge in [-0.1, -0.05) is 58.0 Å². The molecule has 1 saturated carbocycles. The third-order valence-corrected chi connectivity index (χ3v) is 5.72. The summed E-state index contributed by atoms with van der Waals surface area (Å²) in [6.07, 6.45) is 0.787. The van der Waals surface area contributed by atoms with Crippen molar-refractivity contribution < 1.29 is 19.1 Å². The first-order chi connectivity index (χ1) is 13.3. The predicted molar refractivity (Wildman–Crippen MR) is 108 cm³/mol. The van der Waals surface area contributed by atoms with Crippen LogP contribution in [0.15, 0.2) is 30.3 Å². The largest absolute Gasteiger partial charge is 0.469 e. The number of amides is 1. The number of esters is 1. The van der Waals surface area contributed by atoms with Crippen LogP contribution in [0.25, 0.3) is 0 Å². The van der Waals surface area contributed by atoms with Gasteiger partial charge in [0.1, 0.15) is 5.78 Å². The van der Waals surface area contributed by atoms with Crippen molar-refractivity contribution in [1.82, 2.24) is 5.32 Å². The number of benzene rings is 1. The number of ketones is 1. The summed E-state index contributed by atoms with van der Waals surface area (Å²) < 4.78 is 5.00. The highest BCUT2D eigenvalue weighted by atomic mass is 16.5. The Bertz CT molecular complexity index is 683. The Labute approximate surface area is 168 Å². The van der Waals surface area contributed by atoms with Crippen LogP contribution in [0.3, 0.4) is 0 Å². The fourth-order valence-corrected chi connectivity index (χ4v) is 4.54. The molecule has 1 aliphatic rings. The van der Waals surface area contributed by atoms with Crippen LogP contribution in [0.1, 0.15) is 46.1 Å². The van der Waals surface area contributed by atoms with E-state index in [0.717, 1.165) is 5.56 Å². The number of rotatable bonds is 8. The summed E-state index contributed by atoms with van der Waals surface area (Å²) in [6.45, 7) is 8.44. The Kier molecular flexibility index (Phi) is 7.78. The molecule has 1 aromatic carbocycles. The lowest BCUT2D eigenvalue weighted by atomic mass is 9.75. The summed E-state index contributed by atoms with van der Waals surface area (Å²) in [5, 5.41) is 2.97. The molecule has 2 rings (SSSR count). The Morgan fingerprint density at radius 1 is 1.07 bits per heavy atom. The van der Waals surface area contributed by atoms with E-state index < -0.39 is 17.8 Å². The number of nitrogens with one attached hydrogen (secondary N) is 1. The highest BCUT2D eigenvalue weighted by molar-refractivity contribution is 5.91. The average Bonchev–Trinajstić information content (AvgIpc) is 3.07. The maximum absolute atomic E-state index is 13.1. The molecule has 0 spiro atoms. The average molecular weight is 388 g/mol. The summed E-state index contributed by atoms with van der Waals surface area (Å²) in [5.41, 5.74) is 1.00. The molecule has 1 aromatic rings. The quantitative estimate of drug-likeness (QED) is 0.692. The van der Waals surface area contributed by atoms with Crippen LogP contribution < -0.4 is 5.32 Å². The van der Waals surface area contributed by atoms with E-state index in [1.54, 1.807) is 0 Å². The third-order valence-electron chi connectivity index (χ3n) is 5.72. The number of carbonyl (C=O) groups excluding carboxylic acids is 3. The van der Waals surface area contributed by atoms with Crippen molar-refractivity contribution in [3.05, 3.63) is 35.9 Å². The van der Waals surface area contributed by atoms with E-state index in [-0.39, 0.29) is 35.4 Å². The van der Waals surface area contributed by atoms with Crippen LogP contribution in [0.5, 0.6) is 0 Å². The molecule has 4 atom stereocenters. The van der Waals surface area contributed by atoms with Crippen LogP contribution in [-0.4, -0.2) is 24.8 Å². The molecule has 0 aromatic heterocycles. The topological polar surface area (TPSA) is 72.5 Å². The van der Waals surface area contributed by atoms with Gasteiger partial charge in [0.15, 0.2) is 0 Å². The van der Waals surface area contributed by atoms with Gasteiger partial charge >= 0.3 is 5.97 Å². The number of hydrogen-bond acceptors (Lipinski definition) is 4. The second-order valence-electron chi connectivity index (χ2n) is 8.59. The maximum Gasteiger partial charge on any atom is 0.308 e. The van der Waals surface area contributed by atoms with Crippen LogP contribution in [0.2, 0.25) is 0 Å². The van der Waals surface area contributed by atoms with Crippen LogP contribution in [0, 0.1) is 35.5 Å². The number of carbonyl (C=O) groups is 3. The lowest BCUT2D eigenvalue weighted by Gasteiger charge is -2.28. The van der Waals surface area contributed by atoms with Crippen molar-refractivity contribution in [1.29, 1.82) is 0 Å². The summed E-state index contributed by atoms with van der Waals surface area (Å²) in [4.78, 5) is 38.5. The summed E-state index contributed by atoms with van der Waals surface area (Å²) in [7, 11) is 1.37. The van der Waals surface area contributed by atoms with Crippen molar-refractivity contribution in [2.75, 3.05) is 7.11 Å². The zero-order valence-corrected chi connectivity index (χ0v) is 17.6. The molecule has 1 fully saturated rings. The van der Waals surface area contributed by atoms with Gasteiger partial charge in [-0.2, -0.15) is 0 Å². The Morgan fingerprint density at radius 3 is 2.25 bits per heavy atom. The molecule has 0 saturated heterocycles. The molecule has 0 radical (unpaired) electrons. The van der Waals surface area contributed by atoms with Gasteiger partial charge in [-0.05, 0) is 29.7 Å². The van der Waals surface area contributed by atoms with Crippen LogP contribution in [0.4, 0.5) is 0 Å². The van der Waals surface area contributed by atoms with E-state index in [4.69, 9.17) is 4.74 Å². The highest BCUT2D eigenvalue weighted by Crippen LogP contribution is 2.47. The lowest BCUT2D eigenvalue weighted by Crippen LogP contribution is -2.38. The first-order valence-electron chi connectivity index (χ1n) is 10.2. The Morgan fingerprint density at radius 2 is 1.71 bits per heavy atom. The minimum atomic E-state index is -0.494. The van der Waals surface area contributed by atoms with Gasteiger partial charge in [-0.3, -0.25) is 14.4 Å². The van der Waals surface area contributed by atoms with E-state index in [9.17, 15) is 14.4 Å². The van der Waals surface area contributed by atoms with Crippen molar-refractivity contribution in [3.63, 3.8) is 0 Å². The van der Waals surface area contributed by atoms with Crippen molar-refractivity contribution in [2.24, 2.45) is 35.5 Å². The fraction of sp³-hybridized carbons (Fsp3) is 0.609. The number of hydrogen-bond donors (Lipinski definition) is 1. The summed E-state index contributed by atoms with van der Waals surface area (Å²) in [6, 6.07) is 9.67. The molecule has 1 N–H and O–H groups in total. The molecular formula is C23H33NO4. The third kappa shape index (κ3) is 5.21. The van der Waals surface area contributed by atoms with Gasteiger partial charge in [-0.15, -0.1) is 0 Å². The maximum atomic E-state index is 13.1. The van der Waals surface area contributed by atoms with E-state index in [2.05, 4.69) is 5.32 Å². The number of Topliss-reactive ketones (excluding diaryl/α,β-unsaturated/α-hetero) is 1. The van der Waals surface area contributed by atoms with Crippen LogP contribution >= 0.6 is 0 Å². The van der Waals surface area contributed by atoms with Crippen molar-refractivity contribution >= 4 is 17.7 Å². The Hall–Kier alpha value is -2.17. The standard InChI is InChI=1S/C23H33NO4/c1-14(2)11-19(25)21-17(12-18(23(27)28-5)20(21)15(3)4)22(26)24-13-16-9-7-6-8-10-16/h6-10,14-15,17-18,20-21H,11-13H2,1-5H3,(H,24,26)/t17?,18?,20-,21?/m0/s1. The number of methoxy groups -OCH3 is 1. The normalized spacial score (nSPS) is 24.4. The minimum absolute atomic E-state index is 0.0833. The van der Waals surface area contributed by atoms with Gasteiger partial charge in [0.2, 0.25) is 5.91 Å². The van der Waals surface area contributed by atoms with E-state index in [0.29, 0.717) is 19.4 Å². The first-order valence-corrected chi connectivity index (χ1v) is 10.2. The smallest absolute Gasteiger partial charge is 0.308 e. The van der Waals surface area contributed by atoms with Crippen molar-refractivity contribution in [3.8, 4) is 0 Å². The molecule has 0 bridgehead atoms. The SMILES string of the molecule is COC(=O)C1CC(C(=O)NCc2ccccc2)C(C(=O)CC(C)C)[C@H]1C(C)C. The minimum Gasteiger partial charge on any atom is -0.469 e. The fourth-order valence-electron chi connectivity index (χ4n) is 4.54. The molecule has 3 unspecified atom stereocenters. The molecule has 0 aliphatic heterocycles. The molecule has 5 heteroatoms. The summed E-state index contributed by atoms with van der Waals surface area (Å²) in [5.74, 6) is -1.59. The monoisotopic (exact) mass is 387 g/mol. The summed E-state index contributed by atoms with van der Waals surface area (Å²) >= 11 is 0. The lowest BCUT2D eigenvalue weighted by molar-refractivity contribution is -0.147. The van der Waals surface area contributed by atoms with Gasteiger partial charge in [0.25, 0.3) is 0 Å². The molecule has 154 valence electrons. The first kappa shape index (κ1) is 22.1. The molecular weight excluding hydrogens is 354 g/mol. The molecule has 1 aliphatic carbocycles. The van der Waals surface area contributed by atoms with Gasteiger partial charge in [-0.25, -0.2) is 0 Å². The van der Waals surface area contributed by atoms with Crippen molar-refractivity contribution in [2.45, 2.75) is 47.1 Å². The van der Waals surface area contributed by atoms with E-state index in [1.807, 2.05) is 58.0 Å². The van der Waals surface area contributed by atoms with E-state index >= 15 is 0 Å².